The van der Waals surface area contributed by atoms with Crippen LogP contribution in [0, 0.1) is 0 Å². The highest BCUT2D eigenvalue weighted by Gasteiger charge is 2.30. The Labute approximate surface area is 163 Å². The van der Waals surface area contributed by atoms with E-state index in [4.69, 9.17) is 11.6 Å². The summed E-state index contributed by atoms with van der Waals surface area (Å²) >= 11 is 6.31. The first kappa shape index (κ1) is 17.7. The molecule has 1 amide bonds. The van der Waals surface area contributed by atoms with Crippen LogP contribution >= 0.6 is 11.6 Å². The van der Waals surface area contributed by atoms with Gasteiger partial charge in [-0.15, -0.1) is 5.10 Å². The topological polar surface area (TPSA) is 51.0 Å². The number of aromatic nitrogens is 3. The van der Waals surface area contributed by atoms with Crippen molar-refractivity contribution in [3.63, 3.8) is 0 Å². The zero-order valence-electron chi connectivity index (χ0n) is 15.0. The third-order valence-corrected chi connectivity index (χ3v) is 5.39. The number of aryl methyl sites for hydroxylation is 2. The molecule has 0 N–H and O–H groups in total. The van der Waals surface area contributed by atoms with Gasteiger partial charge in [-0.25, -0.2) is 0 Å². The molecule has 138 valence electrons. The number of benzene rings is 2. The van der Waals surface area contributed by atoms with E-state index in [1.165, 1.54) is 5.56 Å². The summed E-state index contributed by atoms with van der Waals surface area (Å²) in [5.74, 6) is 0.214. The fourth-order valence-electron chi connectivity index (χ4n) is 3.56. The van der Waals surface area contributed by atoms with Crippen molar-refractivity contribution in [2.24, 2.45) is 0 Å². The number of hydrogen-bond donors (Lipinski definition) is 0. The molecule has 0 aliphatic carbocycles. The van der Waals surface area contributed by atoms with Gasteiger partial charge < -0.3 is 4.90 Å². The molecule has 5 nitrogen and oxygen atoms in total. The van der Waals surface area contributed by atoms with Gasteiger partial charge in [-0.1, -0.05) is 65.3 Å². The Balaban J connectivity index is 1.38. The van der Waals surface area contributed by atoms with Gasteiger partial charge in [0.05, 0.1) is 6.20 Å². The van der Waals surface area contributed by atoms with Gasteiger partial charge in [0.25, 0.3) is 5.91 Å². The molecule has 1 saturated heterocycles. The summed E-state index contributed by atoms with van der Waals surface area (Å²) in [6.45, 7) is 2.08. The van der Waals surface area contributed by atoms with Gasteiger partial charge in [0, 0.05) is 30.6 Å². The number of carbonyl (C=O) groups excluding carboxylic acids is 1. The summed E-state index contributed by atoms with van der Waals surface area (Å²) in [6.07, 6.45) is 3.52. The number of carbonyl (C=O) groups is 1. The van der Waals surface area contributed by atoms with Crippen LogP contribution in [0.2, 0.25) is 5.02 Å². The monoisotopic (exact) mass is 380 g/mol. The summed E-state index contributed by atoms with van der Waals surface area (Å²) in [7, 11) is 0. The smallest absolute Gasteiger partial charge is 0.276 e. The fourth-order valence-corrected chi connectivity index (χ4v) is 3.85. The third kappa shape index (κ3) is 4.03. The van der Waals surface area contributed by atoms with Crippen LogP contribution in [0.3, 0.4) is 0 Å². The maximum atomic E-state index is 12.8. The van der Waals surface area contributed by atoms with Crippen LogP contribution in [-0.4, -0.2) is 38.9 Å². The molecule has 2 heterocycles. The molecule has 1 unspecified atom stereocenters. The Bertz CT molecular complexity index is 925. The van der Waals surface area contributed by atoms with Crippen LogP contribution in [0.4, 0.5) is 0 Å². The normalized spacial score (nSPS) is 16.6. The van der Waals surface area contributed by atoms with E-state index in [0.29, 0.717) is 25.3 Å². The van der Waals surface area contributed by atoms with Crippen LogP contribution in [0.15, 0.2) is 60.8 Å². The Morgan fingerprint density at radius 1 is 1.11 bits per heavy atom. The first-order valence-electron chi connectivity index (χ1n) is 9.18. The standard InChI is InChI=1S/C21H21ClN4O/c22-19-9-5-4-8-18(19)17-11-12-25(14-17)21(27)20-15-26(24-23-20)13-10-16-6-2-1-3-7-16/h1-9,15,17H,10-14H2. The van der Waals surface area contributed by atoms with Crippen LogP contribution in [0.1, 0.15) is 34.0 Å². The lowest BCUT2D eigenvalue weighted by Gasteiger charge is -2.15. The van der Waals surface area contributed by atoms with Crippen LogP contribution in [0.25, 0.3) is 0 Å². The van der Waals surface area contributed by atoms with E-state index >= 15 is 0 Å². The SMILES string of the molecule is O=C(c1cn(CCc2ccccc2)nn1)N1CCC(c2ccccc2Cl)C1. The van der Waals surface area contributed by atoms with Gasteiger partial charge in [-0.05, 0) is 30.0 Å². The molecule has 27 heavy (non-hydrogen) atoms. The number of rotatable bonds is 5. The van der Waals surface area contributed by atoms with E-state index < -0.39 is 0 Å². The molecule has 0 bridgehead atoms. The van der Waals surface area contributed by atoms with E-state index in [9.17, 15) is 4.79 Å². The van der Waals surface area contributed by atoms with Crippen molar-refractivity contribution >= 4 is 17.5 Å². The summed E-state index contributed by atoms with van der Waals surface area (Å²) in [6, 6.07) is 18.1. The minimum atomic E-state index is -0.0597. The Morgan fingerprint density at radius 2 is 1.89 bits per heavy atom. The predicted molar refractivity (Wildman–Crippen MR) is 105 cm³/mol. The van der Waals surface area contributed by atoms with Crippen molar-refractivity contribution in [3.8, 4) is 0 Å². The Morgan fingerprint density at radius 3 is 2.70 bits per heavy atom. The molecule has 1 atom stereocenters. The number of amides is 1. The third-order valence-electron chi connectivity index (χ3n) is 5.05. The average molecular weight is 381 g/mol. The summed E-state index contributed by atoms with van der Waals surface area (Å²) in [5, 5.41) is 8.96. The van der Waals surface area contributed by atoms with E-state index in [-0.39, 0.29) is 11.8 Å². The van der Waals surface area contributed by atoms with Crippen molar-refractivity contribution in [3.05, 3.63) is 82.6 Å². The number of likely N-dealkylation sites (tertiary alicyclic amines) is 1. The highest BCUT2D eigenvalue weighted by Crippen LogP contribution is 2.32. The lowest BCUT2D eigenvalue weighted by Crippen LogP contribution is -2.28. The molecular formula is C21H21ClN4O. The number of halogens is 1. The summed E-state index contributed by atoms with van der Waals surface area (Å²) in [4.78, 5) is 14.6. The molecule has 2 aromatic carbocycles. The molecule has 4 rings (SSSR count). The molecule has 1 aromatic heterocycles. The van der Waals surface area contributed by atoms with Crippen LogP contribution in [0.5, 0.6) is 0 Å². The van der Waals surface area contributed by atoms with Crippen molar-refractivity contribution in [1.82, 2.24) is 19.9 Å². The van der Waals surface area contributed by atoms with Gasteiger partial charge in [0.1, 0.15) is 0 Å². The molecule has 0 spiro atoms. The molecule has 6 heteroatoms. The van der Waals surface area contributed by atoms with Crippen molar-refractivity contribution < 1.29 is 4.79 Å². The van der Waals surface area contributed by atoms with Gasteiger partial charge in [-0.2, -0.15) is 0 Å². The van der Waals surface area contributed by atoms with Crippen molar-refractivity contribution in [2.45, 2.75) is 25.3 Å². The minimum absolute atomic E-state index is 0.0597. The molecule has 0 radical (unpaired) electrons. The molecule has 1 aliphatic heterocycles. The number of nitrogens with zero attached hydrogens (tertiary/aromatic N) is 4. The highest BCUT2D eigenvalue weighted by atomic mass is 35.5. The largest absolute Gasteiger partial charge is 0.337 e. The lowest BCUT2D eigenvalue weighted by atomic mass is 9.98. The summed E-state index contributed by atoms with van der Waals surface area (Å²) < 4.78 is 1.74. The average Bonchev–Trinajstić information content (AvgIpc) is 3.37. The van der Waals surface area contributed by atoms with Crippen LogP contribution < -0.4 is 0 Å². The second kappa shape index (κ2) is 7.92. The Kier molecular flexibility index (Phi) is 5.21. The van der Waals surface area contributed by atoms with Gasteiger partial charge in [0.15, 0.2) is 5.69 Å². The molecule has 1 fully saturated rings. The van der Waals surface area contributed by atoms with Crippen molar-refractivity contribution in [2.75, 3.05) is 13.1 Å². The van der Waals surface area contributed by atoms with E-state index in [1.807, 2.05) is 47.4 Å². The highest BCUT2D eigenvalue weighted by molar-refractivity contribution is 6.31. The maximum absolute atomic E-state index is 12.8. The van der Waals surface area contributed by atoms with Gasteiger partial charge >= 0.3 is 0 Å². The first-order chi connectivity index (χ1) is 13.2. The number of hydrogen-bond acceptors (Lipinski definition) is 3. The minimum Gasteiger partial charge on any atom is -0.337 e. The molecule has 0 saturated carbocycles. The molecular weight excluding hydrogens is 360 g/mol. The second-order valence-corrected chi connectivity index (χ2v) is 7.27. The van der Waals surface area contributed by atoms with E-state index in [0.717, 1.165) is 23.4 Å². The first-order valence-corrected chi connectivity index (χ1v) is 9.56. The quantitative estimate of drug-likeness (QED) is 0.676. The van der Waals surface area contributed by atoms with E-state index in [2.05, 4.69) is 22.4 Å². The lowest BCUT2D eigenvalue weighted by molar-refractivity contribution is 0.0785. The zero-order valence-corrected chi connectivity index (χ0v) is 15.7. The van der Waals surface area contributed by atoms with Crippen LogP contribution in [-0.2, 0) is 13.0 Å². The fraction of sp³-hybridized carbons (Fsp3) is 0.286. The summed E-state index contributed by atoms with van der Waals surface area (Å²) in [5.41, 5.74) is 2.76. The maximum Gasteiger partial charge on any atom is 0.276 e. The predicted octanol–water partition coefficient (Wildman–Crippen LogP) is 3.80. The molecule has 1 aliphatic rings. The zero-order chi connectivity index (χ0) is 18.6. The van der Waals surface area contributed by atoms with Gasteiger partial charge in [0.2, 0.25) is 0 Å². The van der Waals surface area contributed by atoms with Crippen molar-refractivity contribution in [1.29, 1.82) is 0 Å². The van der Waals surface area contributed by atoms with E-state index in [1.54, 1.807) is 10.9 Å². The Hall–Kier alpha value is -2.66. The molecule has 3 aromatic rings. The second-order valence-electron chi connectivity index (χ2n) is 6.86. The van der Waals surface area contributed by atoms with Gasteiger partial charge in [-0.3, -0.25) is 9.48 Å².